The predicted octanol–water partition coefficient (Wildman–Crippen LogP) is 7.61. The van der Waals surface area contributed by atoms with Gasteiger partial charge in [-0.3, -0.25) is 4.68 Å². The number of nitrogens with one attached hydrogen (secondary N) is 2. The standard InChI is InChI=1S/C24H19Cl3N4O2S2/c1-2-33-23(32)17-11-20(14-6-4-3-5-7-14)35-22(17)29-24(34)28-21-19(27)13-31(30-21)12-15-8-9-16(25)10-18(15)26/h3-11,13H,2,12H2,1H3,(H2,28,29,30,34). The van der Waals surface area contributed by atoms with Crippen LogP contribution in [0.3, 0.4) is 0 Å². The van der Waals surface area contributed by atoms with Crippen molar-refractivity contribution in [3.05, 3.63) is 87.0 Å². The van der Waals surface area contributed by atoms with Crippen LogP contribution in [0.15, 0.2) is 60.8 Å². The van der Waals surface area contributed by atoms with Crippen LogP contribution in [-0.4, -0.2) is 27.5 Å². The molecule has 0 spiro atoms. The minimum Gasteiger partial charge on any atom is -0.462 e. The zero-order chi connectivity index (χ0) is 24.9. The fourth-order valence-electron chi connectivity index (χ4n) is 3.22. The lowest BCUT2D eigenvalue weighted by Crippen LogP contribution is -2.20. The Kier molecular flexibility index (Phi) is 8.30. The summed E-state index contributed by atoms with van der Waals surface area (Å²) in [6.45, 7) is 2.43. The summed E-state index contributed by atoms with van der Waals surface area (Å²) in [5.41, 5.74) is 2.22. The van der Waals surface area contributed by atoms with Gasteiger partial charge in [0, 0.05) is 21.1 Å². The van der Waals surface area contributed by atoms with E-state index >= 15 is 0 Å². The molecule has 180 valence electrons. The van der Waals surface area contributed by atoms with Gasteiger partial charge in [0.15, 0.2) is 10.9 Å². The highest BCUT2D eigenvalue weighted by molar-refractivity contribution is 7.80. The molecule has 0 saturated carbocycles. The summed E-state index contributed by atoms with van der Waals surface area (Å²) in [6.07, 6.45) is 1.67. The monoisotopic (exact) mass is 564 g/mol. The van der Waals surface area contributed by atoms with Crippen molar-refractivity contribution in [1.29, 1.82) is 0 Å². The van der Waals surface area contributed by atoms with Crippen LogP contribution in [0.2, 0.25) is 15.1 Å². The predicted molar refractivity (Wildman–Crippen MR) is 148 cm³/mol. The molecule has 0 aliphatic heterocycles. The number of carbonyl (C=O) groups is 1. The Morgan fingerprint density at radius 2 is 1.86 bits per heavy atom. The molecule has 2 heterocycles. The summed E-state index contributed by atoms with van der Waals surface area (Å²) >= 11 is 25.5. The number of aromatic nitrogens is 2. The number of benzene rings is 2. The molecule has 4 rings (SSSR count). The molecule has 11 heteroatoms. The number of thiophene rings is 1. The zero-order valence-electron chi connectivity index (χ0n) is 18.3. The smallest absolute Gasteiger partial charge is 0.341 e. The van der Waals surface area contributed by atoms with Gasteiger partial charge in [-0.05, 0) is 48.5 Å². The van der Waals surface area contributed by atoms with Crippen LogP contribution in [0.25, 0.3) is 10.4 Å². The van der Waals surface area contributed by atoms with Gasteiger partial charge in [0.05, 0.1) is 18.7 Å². The average molecular weight is 566 g/mol. The largest absolute Gasteiger partial charge is 0.462 e. The first-order valence-electron chi connectivity index (χ1n) is 10.4. The lowest BCUT2D eigenvalue weighted by atomic mass is 10.1. The maximum absolute atomic E-state index is 12.6. The van der Waals surface area contributed by atoms with Crippen LogP contribution in [0, 0.1) is 0 Å². The quantitative estimate of drug-likeness (QED) is 0.178. The second-order valence-corrected chi connectivity index (χ2v) is 9.99. The molecule has 4 aromatic rings. The van der Waals surface area contributed by atoms with E-state index in [1.165, 1.54) is 11.3 Å². The van der Waals surface area contributed by atoms with Gasteiger partial charge in [-0.1, -0.05) is 71.2 Å². The van der Waals surface area contributed by atoms with Crippen LogP contribution >= 0.6 is 58.4 Å². The molecule has 0 aliphatic carbocycles. The fourth-order valence-corrected chi connectivity index (χ4v) is 5.20. The number of nitrogens with zero attached hydrogens (tertiary/aromatic N) is 2. The maximum atomic E-state index is 12.6. The summed E-state index contributed by atoms with van der Waals surface area (Å²) in [5.74, 6) is -0.0647. The molecule has 0 aliphatic rings. The fraction of sp³-hybridized carbons (Fsp3) is 0.125. The minimum atomic E-state index is -0.432. The van der Waals surface area contributed by atoms with Crippen molar-refractivity contribution in [2.75, 3.05) is 17.2 Å². The van der Waals surface area contributed by atoms with Gasteiger partial charge in [-0.2, -0.15) is 5.10 Å². The van der Waals surface area contributed by atoms with Crippen LogP contribution in [0.1, 0.15) is 22.8 Å². The van der Waals surface area contributed by atoms with Gasteiger partial charge in [-0.15, -0.1) is 11.3 Å². The summed E-state index contributed by atoms with van der Waals surface area (Å²) in [7, 11) is 0. The van der Waals surface area contributed by atoms with Crippen LogP contribution in [0.5, 0.6) is 0 Å². The van der Waals surface area contributed by atoms with Crippen LogP contribution in [-0.2, 0) is 11.3 Å². The number of hydrogen-bond donors (Lipinski definition) is 2. The molecule has 0 saturated heterocycles. The highest BCUT2D eigenvalue weighted by Crippen LogP contribution is 2.36. The van der Waals surface area contributed by atoms with Gasteiger partial charge in [0.25, 0.3) is 0 Å². The van der Waals surface area contributed by atoms with Gasteiger partial charge in [-0.25, -0.2) is 4.79 Å². The zero-order valence-corrected chi connectivity index (χ0v) is 22.2. The lowest BCUT2D eigenvalue weighted by Gasteiger charge is -2.09. The van der Waals surface area contributed by atoms with Crippen molar-refractivity contribution in [1.82, 2.24) is 9.78 Å². The molecule has 35 heavy (non-hydrogen) atoms. The van der Waals surface area contributed by atoms with Crippen molar-refractivity contribution in [3.8, 4) is 10.4 Å². The molecular formula is C24H19Cl3N4O2S2. The van der Waals surface area contributed by atoms with Crippen molar-refractivity contribution in [2.45, 2.75) is 13.5 Å². The first-order valence-corrected chi connectivity index (χ1v) is 12.8. The van der Waals surface area contributed by atoms with E-state index < -0.39 is 5.97 Å². The molecule has 0 radical (unpaired) electrons. The Balaban J connectivity index is 1.51. The highest BCUT2D eigenvalue weighted by Gasteiger charge is 2.20. The van der Waals surface area contributed by atoms with E-state index in [0.29, 0.717) is 38.0 Å². The van der Waals surface area contributed by atoms with Crippen molar-refractivity contribution in [3.63, 3.8) is 0 Å². The van der Waals surface area contributed by atoms with Gasteiger partial charge >= 0.3 is 5.97 Å². The minimum absolute atomic E-state index is 0.230. The molecule has 2 aromatic heterocycles. The number of carbonyl (C=O) groups excluding carboxylic acids is 1. The first-order chi connectivity index (χ1) is 16.8. The Labute approximate surface area is 226 Å². The molecular weight excluding hydrogens is 547 g/mol. The number of thiocarbonyl (C=S) groups is 1. The third kappa shape index (κ3) is 6.34. The Hall–Kier alpha value is -2.62. The van der Waals surface area contributed by atoms with Crippen LogP contribution in [0.4, 0.5) is 10.8 Å². The van der Waals surface area contributed by atoms with E-state index in [9.17, 15) is 4.79 Å². The van der Waals surface area contributed by atoms with Crippen molar-refractivity contribution < 1.29 is 9.53 Å². The van der Waals surface area contributed by atoms with Crippen molar-refractivity contribution in [2.24, 2.45) is 0 Å². The van der Waals surface area contributed by atoms with E-state index in [2.05, 4.69) is 15.7 Å². The number of halogens is 3. The van der Waals surface area contributed by atoms with Gasteiger partial charge < -0.3 is 15.4 Å². The Morgan fingerprint density at radius 3 is 2.57 bits per heavy atom. The highest BCUT2D eigenvalue weighted by atomic mass is 35.5. The SMILES string of the molecule is CCOC(=O)c1cc(-c2ccccc2)sc1NC(=S)Nc1nn(Cc2ccc(Cl)cc2Cl)cc1Cl. The molecule has 6 nitrogen and oxygen atoms in total. The number of hydrogen-bond acceptors (Lipinski definition) is 5. The number of anilines is 2. The topological polar surface area (TPSA) is 68.2 Å². The molecule has 0 bridgehead atoms. The summed E-state index contributed by atoms with van der Waals surface area (Å²) in [6, 6.07) is 16.8. The van der Waals surface area contributed by atoms with E-state index in [0.717, 1.165) is 16.0 Å². The van der Waals surface area contributed by atoms with Crippen molar-refractivity contribution >= 4 is 80.3 Å². The molecule has 0 amide bonds. The molecule has 0 atom stereocenters. The summed E-state index contributed by atoms with van der Waals surface area (Å²) < 4.78 is 6.87. The second-order valence-electron chi connectivity index (χ2n) is 7.28. The summed E-state index contributed by atoms with van der Waals surface area (Å²) in [4.78, 5) is 13.5. The van der Waals surface area contributed by atoms with Gasteiger partial charge in [0.2, 0.25) is 0 Å². The summed E-state index contributed by atoms with van der Waals surface area (Å²) in [5, 5.41) is 12.8. The van der Waals surface area contributed by atoms with E-state index in [1.54, 1.807) is 36.0 Å². The third-order valence-electron chi connectivity index (χ3n) is 4.81. The Morgan fingerprint density at radius 1 is 1.09 bits per heavy atom. The first kappa shape index (κ1) is 25.5. The van der Waals surface area contributed by atoms with E-state index in [4.69, 9.17) is 51.8 Å². The average Bonchev–Trinajstić information content (AvgIpc) is 3.39. The molecule has 0 fully saturated rings. The third-order valence-corrected chi connectivity index (χ3v) is 6.98. The lowest BCUT2D eigenvalue weighted by molar-refractivity contribution is 0.0528. The van der Waals surface area contributed by atoms with E-state index in [1.807, 2.05) is 36.4 Å². The molecule has 2 N–H and O–H groups in total. The normalized spacial score (nSPS) is 10.7. The molecule has 2 aromatic carbocycles. The Bertz CT molecular complexity index is 1370. The van der Waals surface area contributed by atoms with Gasteiger partial charge in [0.1, 0.15) is 10.0 Å². The number of ether oxygens (including phenoxy) is 1. The second kappa shape index (κ2) is 11.4. The maximum Gasteiger partial charge on any atom is 0.341 e. The molecule has 0 unspecified atom stereocenters. The number of esters is 1. The van der Waals surface area contributed by atoms with E-state index in [-0.39, 0.29) is 11.7 Å². The van der Waals surface area contributed by atoms with Crippen LogP contribution < -0.4 is 10.6 Å². The number of rotatable bonds is 7.